The topological polar surface area (TPSA) is 82.4 Å². The Morgan fingerprint density at radius 3 is 2.41 bits per heavy atom. The number of hydrogen-bond acceptors (Lipinski definition) is 5. The highest BCUT2D eigenvalue weighted by atomic mass is 35.5. The number of ketones is 2. The molecule has 29 heavy (non-hydrogen) atoms. The van der Waals surface area contributed by atoms with E-state index in [2.05, 4.69) is 4.74 Å². The molecule has 3 aromatic rings. The Morgan fingerprint density at radius 2 is 1.72 bits per heavy atom. The van der Waals surface area contributed by atoms with Crippen LogP contribution in [0.4, 0.5) is 0 Å². The maximum absolute atomic E-state index is 12.8. The Balaban J connectivity index is 2.01. The molecule has 7 heteroatoms. The average molecular weight is 412 g/mol. The number of benzene rings is 2. The van der Waals surface area contributed by atoms with Crippen molar-refractivity contribution in [2.75, 3.05) is 6.61 Å². The summed E-state index contributed by atoms with van der Waals surface area (Å²) in [4.78, 5) is 48.8. The quantitative estimate of drug-likeness (QED) is 0.257. The van der Waals surface area contributed by atoms with Gasteiger partial charge in [-0.05, 0) is 36.8 Å². The van der Waals surface area contributed by atoms with Crippen LogP contribution in [0.1, 0.15) is 29.3 Å². The van der Waals surface area contributed by atoms with Crippen LogP contribution in [0, 0.1) is 0 Å². The molecule has 0 atom stereocenters. The highest BCUT2D eigenvalue weighted by Crippen LogP contribution is 2.16. The molecule has 0 bridgehead atoms. The Morgan fingerprint density at radius 1 is 1.03 bits per heavy atom. The summed E-state index contributed by atoms with van der Waals surface area (Å²) in [6, 6.07) is 14.1. The number of aromatic nitrogens is 1. The predicted molar refractivity (Wildman–Crippen MR) is 109 cm³/mol. The SMILES string of the molecule is CCOC(=O)C(=O)CC(=O)c1cn(Cc2ccc(Cl)cc2)c2ccccc2c1=O. The maximum Gasteiger partial charge on any atom is 0.375 e. The van der Waals surface area contributed by atoms with Crippen molar-refractivity contribution < 1.29 is 19.1 Å². The van der Waals surface area contributed by atoms with Gasteiger partial charge in [0.15, 0.2) is 11.2 Å². The molecule has 0 spiro atoms. The lowest BCUT2D eigenvalue weighted by Gasteiger charge is -2.13. The second kappa shape index (κ2) is 8.84. The van der Waals surface area contributed by atoms with Gasteiger partial charge in [0.05, 0.1) is 24.1 Å². The molecule has 0 fully saturated rings. The standard InChI is InChI=1S/C22H18ClNO5/c1-2-29-22(28)20(26)11-19(25)17-13-24(12-14-7-9-15(23)10-8-14)18-6-4-3-5-16(18)21(17)27/h3-10,13H,2,11-12H2,1H3. The number of carbonyl (C=O) groups is 3. The third-order valence-corrected chi connectivity index (χ3v) is 4.63. The highest BCUT2D eigenvalue weighted by molar-refractivity contribution is 6.38. The number of esters is 1. The fourth-order valence-corrected chi connectivity index (χ4v) is 3.11. The van der Waals surface area contributed by atoms with Gasteiger partial charge < -0.3 is 9.30 Å². The van der Waals surface area contributed by atoms with E-state index in [0.717, 1.165) is 5.56 Å². The van der Waals surface area contributed by atoms with Crippen LogP contribution in [-0.2, 0) is 20.9 Å². The van der Waals surface area contributed by atoms with Crippen LogP contribution in [-0.4, -0.2) is 28.7 Å². The number of halogens is 1. The Hall–Kier alpha value is -3.25. The first-order valence-electron chi connectivity index (χ1n) is 9.00. The van der Waals surface area contributed by atoms with Crippen molar-refractivity contribution in [3.05, 3.63) is 81.1 Å². The molecular weight excluding hydrogens is 394 g/mol. The molecule has 0 amide bonds. The predicted octanol–water partition coefficient (Wildman–Crippen LogP) is 3.41. The van der Waals surface area contributed by atoms with Crippen LogP contribution in [0.15, 0.2) is 59.5 Å². The van der Waals surface area contributed by atoms with E-state index in [1.54, 1.807) is 47.9 Å². The lowest BCUT2D eigenvalue weighted by Crippen LogP contribution is -2.25. The van der Waals surface area contributed by atoms with Crippen LogP contribution in [0.2, 0.25) is 5.02 Å². The van der Waals surface area contributed by atoms with Crippen molar-refractivity contribution in [2.24, 2.45) is 0 Å². The molecule has 3 rings (SSSR count). The molecule has 0 saturated heterocycles. The second-order valence-corrected chi connectivity index (χ2v) is 6.82. The monoisotopic (exact) mass is 411 g/mol. The summed E-state index contributed by atoms with van der Waals surface area (Å²) in [6.07, 6.45) is 0.716. The Kier molecular flexibility index (Phi) is 6.24. The van der Waals surface area contributed by atoms with Crippen LogP contribution in [0.5, 0.6) is 0 Å². The first-order valence-corrected chi connectivity index (χ1v) is 9.38. The number of para-hydroxylation sites is 1. The molecule has 0 aliphatic heterocycles. The third-order valence-electron chi connectivity index (χ3n) is 4.38. The summed E-state index contributed by atoms with van der Waals surface area (Å²) in [5.74, 6) is -2.78. The minimum Gasteiger partial charge on any atom is -0.460 e. The number of ether oxygens (including phenoxy) is 1. The summed E-state index contributed by atoms with van der Waals surface area (Å²) >= 11 is 5.93. The summed E-state index contributed by atoms with van der Waals surface area (Å²) in [6.45, 7) is 1.98. The van der Waals surface area contributed by atoms with Crippen molar-refractivity contribution in [3.63, 3.8) is 0 Å². The van der Waals surface area contributed by atoms with Gasteiger partial charge in [0.2, 0.25) is 5.78 Å². The van der Waals surface area contributed by atoms with E-state index in [1.165, 1.54) is 6.20 Å². The van der Waals surface area contributed by atoms with Gasteiger partial charge in [0.25, 0.3) is 0 Å². The van der Waals surface area contributed by atoms with Gasteiger partial charge in [-0.1, -0.05) is 35.9 Å². The number of carbonyl (C=O) groups excluding carboxylic acids is 3. The molecule has 0 radical (unpaired) electrons. The highest BCUT2D eigenvalue weighted by Gasteiger charge is 2.23. The summed E-state index contributed by atoms with van der Waals surface area (Å²) in [5, 5.41) is 0.961. The van der Waals surface area contributed by atoms with E-state index in [-0.39, 0.29) is 12.2 Å². The zero-order chi connectivity index (χ0) is 21.0. The Labute approximate surface area is 171 Å². The fraction of sp³-hybridized carbons (Fsp3) is 0.182. The molecular formula is C22H18ClNO5. The lowest BCUT2D eigenvalue weighted by atomic mass is 10.0. The molecule has 0 unspecified atom stereocenters. The largest absolute Gasteiger partial charge is 0.460 e. The number of rotatable bonds is 7. The van der Waals surface area contributed by atoms with E-state index in [9.17, 15) is 19.2 Å². The van der Waals surface area contributed by atoms with E-state index in [0.29, 0.717) is 22.5 Å². The number of Topliss-reactive ketones (excluding diaryl/α,β-unsaturated/α-hetero) is 2. The van der Waals surface area contributed by atoms with Crippen molar-refractivity contribution in [2.45, 2.75) is 19.9 Å². The Bertz CT molecular complexity index is 1150. The van der Waals surface area contributed by atoms with Gasteiger partial charge in [-0.2, -0.15) is 0 Å². The normalized spacial score (nSPS) is 10.7. The van der Waals surface area contributed by atoms with Gasteiger partial charge in [-0.3, -0.25) is 14.4 Å². The van der Waals surface area contributed by atoms with Gasteiger partial charge in [-0.15, -0.1) is 0 Å². The van der Waals surface area contributed by atoms with Gasteiger partial charge in [0.1, 0.15) is 0 Å². The molecule has 1 heterocycles. The second-order valence-electron chi connectivity index (χ2n) is 6.39. The first-order chi connectivity index (χ1) is 13.9. The molecule has 0 aliphatic carbocycles. The van der Waals surface area contributed by atoms with Gasteiger partial charge >= 0.3 is 5.97 Å². The van der Waals surface area contributed by atoms with Crippen LogP contribution in [0.3, 0.4) is 0 Å². The molecule has 0 aliphatic rings. The number of fused-ring (bicyclic) bond motifs is 1. The fourth-order valence-electron chi connectivity index (χ4n) is 2.99. The molecule has 2 aromatic carbocycles. The smallest absolute Gasteiger partial charge is 0.375 e. The van der Waals surface area contributed by atoms with E-state index in [4.69, 9.17) is 11.6 Å². The van der Waals surface area contributed by atoms with Crippen LogP contribution in [0.25, 0.3) is 10.9 Å². The number of pyridine rings is 1. The van der Waals surface area contributed by atoms with E-state index < -0.39 is 29.4 Å². The minimum atomic E-state index is -1.08. The molecule has 1 aromatic heterocycles. The minimum absolute atomic E-state index is 0.0304. The van der Waals surface area contributed by atoms with Crippen molar-refractivity contribution >= 4 is 40.0 Å². The van der Waals surface area contributed by atoms with E-state index in [1.807, 2.05) is 12.1 Å². The number of nitrogens with zero attached hydrogens (tertiary/aromatic N) is 1. The third kappa shape index (κ3) is 4.60. The molecule has 0 N–H and O–H groups in total. The first kappa shape index (κ1) is 20.5. The average Bonchev–Trinajstić information content (AvgIpc) is 2.71. The maximum atomic E-state index is 12.8. The summed E-state index contributed by atoms with van der Waals surface area (Å²) in [7, 11) is 0. The molecule has 0 saturated carbocycles. The molecule has 6 nitrogen and oxygen atoms in total. The lowest BCUT2D eigenvalue weighted by molar-refractivity contribution is -0.153. The van der Waals surface area contributed by atoms with Crippen molar-refractivity contribution in [3.8, 4) is 0 Å². The van der Waals surface area contributed by atoms with Crippen LogP contribution < -0.4 is 5.43 Å². The van der Waals surface area contributed by atoms with Crippen LogP contribution >= 0.6 is 11.6 Å². The van der Waals surface area contributed by atoms with Gasteiger partial charge in [0, 0.05) is 23.2 Å². The summed E-state index contributed by atoms with van der Waals surface area (Å²) < 4.78 is 6.38. The zero-order valence-electron chi connectivity index (χ0n) is 15.7. The number of hydrogen-bond donors (Lipinski definition) is 0. The summed E-state index contributed by atoms with van der Waals surface area (Å²) in [5.41, 5.74) is 0.954. The van der Waals surface area contributed by atoms with E-state index >= 15 is 0 Å². The van der Waals surface area contributed by atoms with Gasteiger partial charge in [-0.25, -0.2) is 4.79 Å². The zero-order valence-corrected chi connectivity index (χ0v) is 16.4. The van der Waals surface area contributed by atoms with Crippen molar-refractivity contribution in [1.29, 1.82) is 0 Å². The van der Waals surface area contributed by atoms with Crippen molar-refractivity contribution in [1.82, 2.24) is 4.57 Å². The molecule has 148 valence electrons.